The number of oxazole rings is 1. The van der Waals surface area contributed by atoms with Gasteiger partial charge in [0, 0.05) is 12.1 Å². The predicted molar refractivity (Wildman–Crippen MR) is 106 cm³/mol. The number of aryl methyl sites for hydroxylation is 2. The van der Waals surface area contributed by atoms with Crippen LogP contribution in [0.2, 0.25) is 0 Å². The normalized spacial score (nSPS) is 15.4. The molecule has 1 N–H and O–H groups in total. The maximum atomic E-state index is 12.5. The average molecular weight is 387 g/mol. The highest BCUT2D eigenvalue weighted by Crippen LogP contribution is 2.27. The molecule has 0 radical (unpaired) electrons. The number of nitrogens with one attached hydrogen (secondary N) is 1. The second-order valence-electron chi connectivity index (χ2n) is 7.25. The summed E-state index contributed by atoms with van der Waals surface area (Å²) in [6, 6.07) is 5.20. The molecule has 0 unspecified atom stereocenters. The van der Waals surface area contributed by atoms with E-state index < -0.39 is 0 Å². The summed E-state index contributed by atoms with van der Waals surface area (Å²) in [6.07, 6.45) is 2.09. The topological polar surface area (TPSA) is 76.8 Å². The summed E-state index contributed by atoms with van der Waals surface area (Å²) in [5.74, 6) is 3.24. The first-order valence-electron chi connectivity index (χ1n) is 9.65. The van der Waals surface area contributed by atoms with Gasteiger partial charge in [0.15, 0.2) is 11.5 Å². The van der Waals surface area contributed by atoms with Crippen molar-refractivity contribution in [1.82, 2.24) is 15.2 Å². The number of nitrogens with zero attached hydrogens (tertiary/aromatic N) is 2. The van der Waals surface area contributed by atoms with Gasteiger partial charge in [0.1, 0.15) is 5.76 Å². The number of carbonyl (C=O) groups is 1. The molecule has 0 spiro atoms. The molecule has 2 heterocycles. The third-order valence-electron chi connectivity index (χ3n) is 5.34. The predicted octanol–water partition coefficient (Wildman–Crippen LogP) is 2.95. The third-order valence-corrected chi connectivity index (χ3v) is 5.34. The Morgan fingerprint density at radius 3 is 2.54 bits per heavy atom. The van der Waals surface area contributed by atoms with Gasteiger partial charge in [0.05, 0.1) is 26.5 Å². The van der Waals surface area contributed by atoms with Crippen LogP contribution in [0.15, 0.2) is 22.6 Å². The molecule has 0 bridgehead atoms. The highest BCUT2D eigenvalue weighted by Gasteiger charge is 2.21. The van der Waals surface area contributed by atoms with Crippen molar-refractivity contribution < 1.29 is 18.7 Å². The monoisotopic (exact) mass is 387 g/mol. The summed E-state index contributed by atoms with van der Waals surface area (Å²) in [5.41, 5.74) is 1.53. The summed E-state index contributed by atoms with van der Waals surface area (Å²) in [7, 11) is 3.14. The van der Waals surface area contributed by atoms with Gasteiger partial charge in [-0.3, -0.25) is 9.69 Å². The van der Waals surface area contributed by atoms with Crippen molar-refractivity contribution in [2.75, 3.05) is 33.9 Å². The van der Waals surface area contributed by atoms with E-state index in [0.717, 1.165) is 49.8 Å². The molecule has 1 aliphatic heterocycles. The first-order valence-corrected chi connectivity index (χ1v) is 9.65. The van der Waals surface area contributed by atoms with E-state index in [1.165, 1.54) is 0 Å². The molecule has 1 fully saturated rings. The number of carbonyl (C=O) groups excluding carboxylic acids is 1. The molecule has 7 heteroatoms. The molecule has 0 aliphatic carbocycles. The van der Waals surface area contributed by atoms with E-state index in [9.17, 15) is 4.79 Å². The maximum Gasteiger partial charge on any atom is 0.251 e. The summed E-state index contributed by atoms with van der Waals surface area (Å²) >= 11 is 0. The van der Waals surface area contributed by atoms with Crippen LogP contribution in [0.5, 0.6) is 11.5 Å². The molecular weight excluding hydrogens is 358 g/mol. The highest BCUT2D eigenvalue weighted by molar-refractivity contribution is 5.94. The number of rotatable bonds is 7. The molecule has 7 nitrogen and oxygen atoms in total. The zero-order valence-corrected chi connectivity index (χ0v) is 17.1. The van der Waals surface area contributed by atoms with Gasteiger partial charge in [-0.2, -0.15) is 0 Å². The molecule has 1 amide bonds. The summed E-state index contributed by atoms with van der Waals surface area (Å²) in [6.45, 7) is 7.31. The Hall–Kier alpha value is -2.54. The van der Waals surface area contributed by atoms with E-state index in [1.54, 1.807) is 32.4 Å². The Morgan fingerprint density at radius 1 is 1.21 bits per heavy atom. The Labute approximate surface area is 166 Å². The van der Waals surface area contributed by atoms with Gasteiger partial charge >= 0.3 is 0 Å². The fourth-order valence-electron chi connectivity index (χ4n) is 3.46. The molecule has 0 atom stereocenters. The average Bonchev–Trinajstić information content (AvgIpc) is 3.03. The van der Waals surface area contributed by atoms with Crippen LogP contribution in [0.3, 0.4) is 0 Å². The third kappa shape index (κ3) is 4.84. The van der Waals surface area contributed by atoms with E-state index in [1.807, 2.05) is 13.8 Å². The van der Waals surface area contributed by atoms with Crippen LogP contribution in [0.25, 0.3) is 0 Å². The van der Waals surface area contributed by atoms with E-state index in [4.69, 9.17) is 13.9 Å². The second kappa shape index (κ2) is 9.10. The number of benzene rings is 1. The fourth-order valence-corrected chi connectivity index (χ4v) is 3.46. The molecule has 0 saturated carbocycles. The Kier molecular flexibility index (Phi) is 6.57. The molecule has 152 valence electrons. The number of methoxy groups -OCH3 is 2. The minimum atomic E-state index is -0.0888. The number of amides is 1. The molecule has 1 aliphatic rings. The number of aromatic nitrogens is 1. The van der Waals surface area contributed by atoms with Crippen molar-refractivity contribution in [1.29, 1.82) is 0 Å². The highest BCUT2D eigenvalue weighted by atomic mass is 16.5. The maximum absolute atomic E-state index is 12.5. The number of likely N-dealkylation sites (tertiary alicyclic amines) is 1. The summed E-state index contributed by atoms with van der Waals surface area (Å²) in [4.78, 5) is 19.3. The first kappa shape index (κ1) is 20.2. The minimum absolute atomic E-state index is 0.0888. The van der Waals surface area contributed by atoms with Crippen molar-refractivity contribution in [3.8, 4) is 11.5 Å². The lowest BCUT2D eigenvalue weighted by Gasteiger charge is -2.31. The van der Waals surface area contributed by atoms with Crippen LogP contribution >= 0.6 is 0 Å². The van der Waals surface area contributed by atoms with E-state index in [0.29, 0.717) is 29.5 Å². The van der Waals surface area contributed by atoms with Crippen LogP contribution < -0.4 is 14.8 Å². The zero-order chi connectivity index (χ0) is 20.1. The quantitative estimate of drug-likeness (QED) is 0.787. The van der Waals surface area contributed by atoms with Crippen LogP contribution in [0.1, 0.15) is 40.5 Å². The Morgan fingerprint density at radius 2 is 1.93 bits per heavy atom. The van der Waals surface area contributed by atoms with Gasteiger partial charge in [-0.05, 0) is 63.9 Å². The van der Waals surface area contributed by atoms with Gasteiger partial charge < -0.3 is 19.2 Å². The minimum Gasteiger partial charge on any atom is -0.493 e. The van der Waals surface area contributed by atoms with Crippen molar-refractivity contribution >= 4 is 5.91 Å². The standard InChI is InChI=1S/C21H29N3O4/c1-14-15(2)28-20(23-14)13-24-9-7-16(8-10-24)12-22-21(25)17-5-6-18(26-3)19(11-17)27-4/h5-6,11,16H,7-10,12-13H2,1-4H3,(H,22,25). The Balaban J connectivity index is 1.45. The van der Waals surface area contributed by atoms with Gasteiger partial charge in [-0.1, -0.05) is 0 Å². The number of hydrogen-bond donors (Lipinski definition) is 1. The summed E-state index contributed by atoms with van der Waals surface area (Å²) < 4.78 is 16.2. The van der Waals surface area contributed by atoms with Gasteiger partial charge in [0.25, 0.3) is 5.91 Å². The molecule has 1 saturated heterocycles. The van der Waals surface area contributed by atoms with Crippen LogP contribution in [0, 0.1) is 19.8 Å². The smallest absolute Gasteiger partial charge is 0.251 e. The largest absolute Gasteiger partial charge is 0.493 e. The van der Waals surface area contributed by atoms with E-state index >= 15 is 0 Å². The molecule has 1 aromatic carbocycles. The van der Waals surface area contributed by atoms with E-state index in [-0.39, 0.29) is 5.91 Å². The lowest BCUT2D eigenvalue weighted by Crippen LogP contribution is -2.38. The number of piperidine rings is 1. The van der Waals surface area contributed by atoms with E-state index in [2.05, 4.69) is 15.2 Å². The van der Waals surface area contributed by atoms with Gasteiger partial charge in [0.2, 0.25) is 5.89 Å². The lowest BCUT2D eigenvalue weighted by atomic mass is 9.96. The lowest BCUT2D eigenvalue weighted by molar-refractivity contribution is 0.0933. The second-order valence-corrected chi connectivity index (χ2v) is 7.25. The number of hydrogen-bond acceptors (Lipinski definition) is 6. The van der Waals surface area contributed by atoms with Crippen LogP contribution in [-0.2, 0) is 6.54 Å². The van der Waals surface area contributed by atoms with Crippen molar-refractivity contribution in [2.45, 2.75) is 33.2 Å². The van der Waals surface area contributed by atoms with Crippen molar-refractivity contribution in [3.63, 3.8) is 0 Å². The molecule has 1 aromatic heterocycles. The molecule has 2 aromatic rings. The first-order chi connectivity index (χ1) is 13.5. The molecule has 28 heavy (non-hydrogen) atoms. The zero-order valence-electron chi connectivity index (χ0n) is 17.1. The summed E-state index contributed by atoms with van der Waals surface area (Å²) in [5, 5.41) is 3.05. The van der Waals surface area contributed by atoms with Crippen molar-refractivity contribution in [2.24, 2.45) is 5.92 Å². The SMILES string of the molecule is COc1ccc(C(=O)NCC2CCN(Cc3nc(C)c(C)o3)CC2)cc1OC. The fraction of sp³-hybridized carbons (Fsp3) is 0.524. The van der Waals surface area contributed by atoms with Crippen LogP contribution in [0.4, 0.5) is 0 Å². The van der Waals surface area contributed by atoms with Crippen LogP contribution in [-0.4, -0.2) is 49.6 Å². The van der Waals surface area contributed by atoms with Crippen molar-refractivity contribution in [3.05, 3.63) is 41.1 Å². The Bertz CT molecular complexity index is 790. The molecule has 3 rings (SSSR count). The van der Waals surface area contributed by atoms with Gasteiger partial charge in [-0.15, -0.1) is 0 Å². The van der Waals surface area contributed by atoms with Gasteiger partial charge in [-0.25, -0.2) is 4.98 Å². The molecular formula is C21H29N3O4. The number of ether oxygens (including phenoxy) is 2.